The second kappa shape index (κ2) is 6.78. The third-order valence-electron chi connectivity index (χ3n) is 3.05. The Balaban J connectivity index is 1.96. The largest absolute Gasteiger partial charge is 0.381 e. The van der Waals surface area contributed by atoms with E-state index in [1.54, 1.807) is 0 Å². The number of halogens is 1. The highest BCUT2D eigenvalue weighted by Gasteiger charge is 2.08. The molecule has 19 heavy (non-hydrogen) atoms. The number of benzene rings is 1. The first-order chi connectivity index (χ1) is 9.22. The Morgan fingerprint density at radius 3 is 2.89 bits per heavy atom. The van der Waals surface area contributed by atoms with Crippen LogP contribution in [0.1, 0.15) is 26.2 Å². The first-order valence-electron chi connectivity index (χ1n) is 6.71. The lowest BCUT2D eigenvalue weighted by Gasteiger charge is -2.07. The van der Waals surface area contributed by atoms with Gasteiger partial charge in [-0.1, -0.05) is 24.9 Å². The molecule has 0 saturated heterocycles. The Labute approximate surface area is 118 Å². The van der Waals surface area contributed by atoms with E-state index in [4.69, 9.17) is 22.1 Å². The van der Waals surface area contributed by atoms with Crippen LogP contribution in [-0.4, -0.2) is 22.8 Å². The number of nitrogens with two attached hydrogens (primary N) is 1. The highest BCUT2D eigenvalue weighted by Crippen LogP contribution is 2.22. The normalized spacial score (nSPS) is 11.3. The van der Waals surface area contributed by atoms with Crippen molar-refractivity contribution in [3.05, 3.63) is 23.2 Å². The van der Waals surface area contributed by atoms with Crippen molar-refractivity contribution >= 4 is 28.6 Å². The fourth-order valence-electron chi connectivity index (χ4n) is 2.02. The Morgan fingerprint density at radius 1 is 1.32 bits per heavy atom. The van der Waals surface area contributed by atoms with E-state index in [0.717, 1.165) is 50.1 Å². The number of anilines is 1. The summed E-state index contributed by atoms with van der Waals surface area (Å²) in [6.45, 7) is 4.54. The predicted octanol–water partition coefficient (Wildman–Crippen LogP) is 3.48. The first-order valence-corrected chi connectivity index (χ1v) is 7.09. The van der Waals surface area contributed by atoms with E-state index >= 15 is 0 Å². The molecule has 4 nitrogen and oxygen atoms in total. The fraction of sp³-hybridized carbons (Fsp3) is 0.500. The van der Waals surface area contributed by atoms with Crippen LogP contribution >= 0.6 is 11.6 Å². The molecule has 0 aliphatic carbocycles. The van der Waals surface area contributed by atoms with Gasteiger partial charge in [0.25, 0.3) is 0 Å². The molecule has 1 aromatic heterocycles. The van der Waals surface area contributed by atoms with Gasteiger partial charge >= 0.3 is 0 Å². The van der Waals surface area contributed by atoms with Crippen molar-refractivity contribution in [3.8, 4) is 0 Å². The summed E-state index contributed by atoms with van der Waals surface area (Å²) in [5.74, 6) is 0.533. The van der Waals surface area contributed by atoms with Crippen LogP contribution in [0.15, 0.2) is 18.2 Å². The summed E-state index contributed by atoms with van der Waals surface area (Å²) < 4.78 is 7.54. The number of ether oxygens (including phenoxy) is 1. The standard InChI is InChI=1S/C14H20ClN3O/c1-2-3-8-19-9-4-7-18-13-10-11(15)5-6-12(13)17-14(18)16/h5-6,10H,2-4,7-9H2,1H3,(H2,16,17). The number of rotatable bonds is 7. The molecule has 2 N–H and O–H groups in total. The van der Waals surface area contributed by atoms with Crippen LogP contribution in [0.5, 0.6) is 0 Å². The number of imidazole rings is 1. The fourth-order valence-corrected chi connectivity index (χ4v) is 2.19. The molecular formula is C14H20ClN3O. The van der Waals surface area contributed by atoms with E-state index in [9.17, 15) is 0 Å². The van der Waals surface area contributed by atoms with E-state index in [1.165, 1.54) is 0 Å². The van der Waals surface area contributed by atoms with Crippen molar-refractivity contribution < 1.29 is 4.74 Å². The van der Waals surface area contributed by atoms with Crippen LogP contribution < -0.4 is 5.73 Å². The van der Waals surface area contributed by atoms with Gasteiger partial charge in [0.1, 0.15) is 0 Å². The van der Waals surface area contributed by atoms with Gasteiger partial charge in [-0.3, -0.25) is 0 Å². The highest BCUT2D eigenvalue weighted by atomic mass is 35.5. The van der Waals surface area contributed by atoms with Crippen molar-refractivity contribution in [2.75, 3.05) is 18.9 Å². The molecule has 0 atom stereocenters. The lowest BCUT2D eigenvalue weighted by atomic mass is 10.3. The van der Waals surface area contributed by atoms with Crippen LogP contribution in [0.3, 0.4) is 0 Å². The minimum atomic E-state index is 0.533. The Morgan fingerprint density at radius 2 is 2.11 bits per heavy atom. The minimum absolute atomic E-state index is 0.533. The third-order valence-corrected chi connectivity index (χ3v) is 3.29. The van der Waals surface area contributed by atoms with Gasteiger partial charge in [-0.2, -0.15) is 0 Å². The number of aryl methyl sites for hydroxylation is 1. The molecular weight excluding hydrogens is 262 g/mol. The molecule has 1 aromatic carbocycles. The average molecular weight is 282 g/mol. The van der Waals surface area contributed by atoms with Crippen molar-refractivity contribution in [2.45, 2.75) is 32.7 Å². The number of aromatic nitrogens is 2. The molecule has 0 amide bonds. The number of hydrogen-bond acceptors (Lipinski definition) is 3. The molecule has 0 fully saturated rings. The average Bonchev–Trinajstić information content (AvgIpc) is 2.69. The molecule has 1 heterocycles. The molecule has 0 bridgehead atoms. The summed E-state index contributed by atoms with van der Waals surface area (Å²) in [5.41, 5.74) is 7.80. The summed E-state index contributed by atoms with van der Waals surface area (Å²) in [7, 11) is 0. The van der Waals surface area contributed by atoms with Crippen molar-refractivity contribution in [3.63, 3.8) is 0 Å². The minimum Gasteiger partial charge on any atom is -0.381 e. The maximum absolute atomic E-state index is 6.01. The lowest BCUT2D eigenvalue weighted by molar-refractivity contribution is 0.126. The second-order valence-corrected chi connectivity index (χ2v) is 5.01. The van der Waals surface area contributed by atoms with Crippen LogP contribution in [0.2, 0.25) is 5.02 Å². The summed E-state index contributed by atoms with van der Waals surface area (Å²) >= 11 is 6.01. The molecule has 0 aliphatic heterocycles. The molecule has 0 aliphatic rings. The van der Waals surface area contributed by atoms with E-state index in [0.29, 0.717) is 11.0 Å². The van der Waals surface area contributed by atoms with Crippen molar-refractivity contribution in [1.82, 2.24) is 9.55 Å². The molecule has 2 rings (SSSR count). The summed E-state index contributed by atoms with van der Waals surface area (Å²) in [6.07, 6.45) is 3.20. The van der Waals surface area contributed by atoms with E-state index in [1.807, 2.05) is 22.8 Å². The first kappa shape index (κ1) is 14.2. The Hall–Kier alpha value is -1.26. The maximum atomic E-state index is 6.01. The predicted molar refractivity (Wildman–Crippen MR) is 79.5 cm³/mol. The number of nitrogen functional groups attached to an aromatic ring is 1. The highest BCUT2D eigenvalue weighted by molar-refractivity contribution is 6.31. The summed E-state index contributed by atoms with van der Waals surface area (Å²) in [4.78, 5) is 4.32. The van der Waals surface area contributed by atoms with Gasteiger partial charge in [0.15, 0.2) is 0 Å². The van der Waals surface area contributed by atoms with Gasteiger partial charge in [0.2, 0.25) is 5.95 Å². The van der Waals surface area contributed by atoms with Crippen LogP contribution in [0.4, 0.5) is 5.95 Å². The van der Waals surface area contributed by atoms with Crippen molar-refractivity contribution in [1.29, 1.82) is 0 Å². The van der Waals surface area contributed by atoms with Crippen LogP contribution in [-0.2, 0) is 11.3 Å². The maximum Gasteiger partial charge on any atom is 0.201 e. The molecule has 0 unspecified atom stereocenters. The number of fused-ring (bicyclic) bond motifs is 1. The van der Waals surface area contributed by atoms with Crippen molar-refractivity contribution in [2.24, 2.45) is 0 Å². The molecule has 0 spiro atoms. The van der Waals surface area contributed by atoms with Gasteiger partial charge in [-0.15, -0.1) is 0 Å². The number of nitrogens with zero attached hydrogens (tertiary/aromatic N) is 2. The SMILES string of the molecule is CCCCOCCCn1c(N)nc2ccc(Cl)cc21. The number of hydrogen-bond donors (Lipinski definition) is 1. The molecule has 0 radical (unpaired) electrons. The molecule has 104 valence electrons. The molecule has 5 heteroatoms. The zero-order chi connectivity index (χ0) is 13.7. The van der Waals surface area contributed by atoms with Gasteiger partial charge in [-0.25, -0.2) is 4.98 Å². The molecule has 0 saturated carbocycles. The van der Waals surface area contributed by atoms with Gasteiger partial charge in [-0.05, 0) is 31.0 Å². The monoisotopic (exact) mass is 281 g/mol. The Bertz CT molecular complexity index is 539. The lowest BCUT2D eigenvalue weighted by Crippen LogP contribution is -2.06. The Kier molecular flexibility index (Phi) is 5.05. The van der Waals surface area contributed by atoms with E-state index in [-0.39, 0.29) is 0 Å². The summed E-state index contributed by atoms with van der Waals surface area (Å²) in [6, 6.07) is 5.62. The third kappa shape index (κ3) is 3.61. The number of unbranched alkanes of at least 4 members (excludes halogenated alkanes) is 1. The summed E-state index contributed by atoms with van der Waals surface area (Å²) in [5, 5.41) is 0.702. The van der Waals surface area contributed by atoms with E-state index in [2.05, 4.69) is 11.9 Å². The van der Waals surface area contributed by atoms with Gasteiger partial charge < -0.3 is 15.0 Å². The second-order valence-electron chi connectivity index (χ2n) is 4.57. The van der Waals surface area contributed by atoms with Crippen LogP contribution in [0, 0.1) is 0 Å². The topological polar surface area (TPSA) is 53.1 Å². The zero-order valence-corrected chi connectivity index (χ0v) is 12.0. The zero-order valence-electron chi connectivity index (χ0n) is 11.2. The van der Waals surface area contributed by atoms with Crippen LogP contribution in [0.25, 0.3) is 11.0 Å². The smallest absolute Gasteiger partial charge is 0.201 e. The van der Waals surface area contributed by atoms with Gasteiger partial charge in [0, 0.05) is 24.8 Å². The van der Waals surface area contributed by atoms with Gasteiger partial charge in [0.05, 0.1) is 11.0 Å². The molecule has 2 aromatic rings. The quantitative estimate of drug-likeness (QED) is 0.791. The van der Waals surface area contributed by atoms with E-state index < -0.39 is 0 Å².